The monoisotopic (exact) mass is 425 g/mol. The van der Waals surface area contributed by atoms with E-state index in [0.717, 1.165) is 52.8 Å². The SMILES string of the molecule is COc1ccc2cc(CN(C)C(=O)CN3CCCc4c(N)cccc43)ccc2c1.Cl. The first-order valence-corrected chi connectivity index (χ1v) is 9.98. The molecule has 0 aliphatic carbocycles. The molecule has 4 rings (SSSR count). The van der Waals surface area contributed by atoms with Crippen molar-refractivity contribution >= 4 is 40.5 Å². The van der Waals surface area contributed by atoms with Gasteiger partial charge in [0, 0.05) is 31.5 Å². The summed E-state index contributed by atoms with van der Waals surface area (Å²) in [5.41, 5.74) is 10.3. The summed E-state index contributed by atoms with van der Waals surface area (Å²) in [5, 5.41) is 2.27. The molecule has 0 bridgehead atoms. The summed E-state index contributed by atoms with van der Waals surface area (Å²) >= 11 is 0. The van der Waals surface area contributed by atoms with Crippen LogP contribution in [0.4, 0.5) is 11.4 Å². The lowest BCUT2D eigenvalue weighted by molar-refractivity contribution is -0.129. The van der Waals surface area contributed by atoms with Crippen LogP contribution in [0.15, 0.2) is 54.6 Å². The van der Waals surface area contributed by atoms with Crippen LogP contribution < -0.4 is 15.4 Å². The van der Waals surface area contributed by atoms with Crippen molar-refractivity contribution in [2.75, 3.05) is 37.9 Å². The summed E-state index contributed by atoms with van der Waals surface area (Å²) < 4.78 is 5.29. The number of hydrogen-bond acceptors (Lipinski definition) is 4. The first kappa shape index (κ1) is 21.8. The number of carbonyl (C=O) groups is 1. The number of carbonyl (C=O) groups excluding carboxylic acids is 1. The second-order valence-electron chi connectivity index (χ2n) is 7.67. The molecule has 0 radical (unpaired) electrons. The number of methoxy groups -OCH3 is 1. The van der Waals surface area contributed by atoms with E-state index < -0.39 is 0 Å². The molecule has 1 aliphatic rings. The van der Waals surface area contributed by atoms with E-state index in [1.54, 1.807) is 12.0 Å². The summed E-state index contributed by atoms with van der Waals surface area (Å²) in [7, 11) is 3.54. The third kappa shape index (κ3) is 4.46. The summed E-state index contributed by atoms with van der Waals surface area (Å²) in [5.74, 6) is 0.954. The molecule has 0 saturated heterocycles. The minimum atomic E-state index is 0. The third-order valence-electron chi connectivity index (χ3n) is 5.67. The minimum Gasteiger partial charge on any atom is -0.497 e. The normalized spacial score (nSPS) is 12.8. The van der Waals surface area contributed by atoms with Gasteiger partial charge in [0.2, 0.25) is 5.91 Å². The van der Waals surface area contributed by atoms with Gasteiger partial charge in [0.15, 0.2) is 0 Å². The Bertz CT molecular complexity index is 1050. The number of nitrogens with two attached hydrogens (primary N) is 1. The predicted octanol–water partition coefficient (Wildman–Crippen LogP) is 4.26. The number of fused-ring (bicyclic) bond motifs is 2. The molecule has 3 aromatic rings. The highest BCUT2D eigenvalue weighted by molar-refractivity contribution is 5.86. The first-order valence-electron chi connectivity index (χ1n) is 9.98. The quantitative estimate of drug-likeness (QED) is 0.620. The summed E-state index contributed by atoms with van der Waals surface area (Å²) in [6.07, 6.45) is 2.00. The van der Waals surface area contributed by atoms with Crippen molar-refractivity contribution in [1.29, 1.82) is 0 Å². The fourth-order valence-corrected chi connectivity index (χ4v) is 4.04. The van der Waals surface area contributed by atoms with Crippen LogP contribution in [0.1, 0.15) is 17.5 Å². The van der Waals surface area contributed by atoms with Crippen molar-refractivity contribution in [3.8, 4) is 5.75 Å². The van der Waals surface area contributed by atoms with Crippen LogP contribution in [0, 0.1) is 0 Å². The number of ether oxygens (including phenoxy) is 1. The first-order chi connectivity index (χ1) is 14.0. The molecule has 1 aliphatic heterocycles. The number of rotatable bonds is 5. The van der Waals surface area contributed by atoms with Gasteiger partial charge < -0.3 is 20.3 Å². The van der Waals surface area contributed by atoms with Crippen molar-refractivity contribution in [3.05, 3.63) is 65.7 Å². The van der Waals surface area contributed by atoms with E-state index in [4.69, 9.17) is 10.5 Å². The van der Waals surface area contributed by atoms with Crippen molar-refractivity contribution in [2.24, 2.45) is 0 Å². The smallest absolute Gasteiger partial charge is 0.242 e. The largest absolute Gasteiger partial charge is 0.497 e. The number of anilines is 2. The number of hydrogen-bond donors (Lipinski definition) is 1. The van der Waals surface area contributed by atoms with E-state index in [9.17, 15) is 4.79 Å². The highest BCUT2D eigenvalue weighted by atomic mass is 35.5. The zero-order valence-corrected chi connectivity index (χ0v) is 18.2. The number of amides is 1. The highest BCUT2D eigenvalue weighted by Crippen LogP contribution is 2.31. The average molecular weight is 426 g/mol. The second kappa shape index (κ2) is 9.26. The molecule has 0 spiro atoms. The number of nitrogen functional groups attached to an aromatic ring is 1. The van der Waals surface area contributed by atoms with Crippen LogP contribution in [-0.4, -0.2) is 38.1 Å². The van der Waals surface area contributed by atoms with Crippen molar-refractivity contribution in [2.45, 2.75) is 19.4 Å². The second-order valence-corrected chi connectivity index (χ2v) is 7.67. The van der Waals surface area contributed by atoms with Gasteiger partial charge in [0.05, 0.1) is 13.7 Å². The molecule has 0 unspecified atom stereocenters. The maximum atomic E-state index is 12.9. The average Bonchev–Trinajstić information content (AvgIpc) is 2.74. The zero-order chi connectivity index (χ0) is 20.4. The molecule has 0 atom stereocenters. The van der Waals surface area contributed by atoms with Gasteiger partial charge in [-0.25, -0.2) is 0 Å². The molecule has 3 aromatic carbocycles. The van der Waals surface area contributed by atoms with Gasteiger partial charge in [-0.2, -0.15) is 0 Å². The Labute approximate surface area is 183 Å². The van der Waals surface area contributed by atoms with E-state index in [0.29, 0.717) is 13.1 Å². The lowest BCUT2D eigenvalue weighted by Gasteiger charge is -2.32. The predicted molar refractivity (Wildman–Crippen MR) is 126 cm³/mol. The van der Waals surface area contributed by atoms with Gasteiger partial charge in [0.1, 0.15) is 5.75 Å². The molecule has 6 heteroatoms. The molecule has 5 nitrogen and oxygen atoms in total. The van der Waals surface area contributed by atoms with Crippen molar-refractivity contribution < 1.29 is 9.53 Å². The van der Waals surface area contributed by atoms with Crippen LogP contribution >= 0.6 is 12.4 Å². The molecule has 158 valence electrons. The van der Waals surface area contributed by atoms with Crippen molar-refractivity contribution in [3.63, 3.8) is 0 Å². The molecule has 30 heavy (non-hydrogen) atoms. The molecule has 1 amide bonds. The van der Waals surface area contributed by atoms with Gasteiger partial charge in [-0.15, -0.1) is 12.4 Å². The van der Waals surface area contributed by atoms with Gasteiger partial charge in [-0.3, -0.25) is 4.79 Å². The maximum absolute atomic E-state index is 12.9. The fraction of sp³-hybridized carbons (Fsp3) is 0.292. The zero-order valence-electron chi connectivity index (χ0n) is 17.4. The molecular formula is C24H28ClN3O2. The van der Waals surface area contributed by atoms with Gasteiger partial charge >= 0.3 is 0 Å². The topological polar surface area (TPSA) is 58.8 Å². The van der Waals surface area contributed by atoms with Gasteiger partial charge in [-0.05, 0) is 65.1 Å². The fourth-order valence-electron chi connectivity index (χ4n) is 4.04. The highest BCUT2D eigenvalue weighted by Gasteiger charge is 2.22. The molecule has 2 N–H and O–H groups in total. The van der Waals surface area contributed by atoms with E-state index in [-0.39, 0.29) is 18.3 Å². The third-order valence-corrected chi connectivity index (χ3v) is 5.67. The van der Waals surface area contributed by atoms with E-state index in [1.807, 2.05) is 31.3 Å². The molecule has 0 aromatic heterocycles. The van der Waals surface area contributed by atoms with Crippen LogP contribution in [0.3, 0.4) is 0 Å². The standard InChI is InChI=1S/C24H27N3O2.ClH/c1-26(15-17-8-9-19-14-20(29-2)11-10-18(19)13-17)24(28)16-27-12-4-5-21-22(25)6-3-7-23(21)27;/h3,6-11,13-14H,4-5,12,15-16,25H2,1-2H3;1H. The summed E-state index contributed by atoms with van der Waals surface area (Å²) in [6.45, 7) is 1.84. The number of nitrogens with zero attached hydrogens (tertiary/aromatic N) is 2. The van der Waals surface area contributed by atoms with Crippen LogP contribution in [0.5, 0.6) is 5.75 Å². The van der Waals surface area contributed by atoms with Crippen LogP contribution in [-0.2, 0) is 17.8 Å². The Morgan fingerprint density at radius 2 is 1.90 bits per heavy atom. The molecule has 0 saturated carbocycles. The number of likely N-dealkylation sites (N-methyl/N-ethyl adjacent to an activating group) is 1. The lowest BCUT2D eigenvalue weighted by Crippen LogP contribution is -2.40. The summed E-state index contributed by atoms with van der Waals surface area (Å²) in [4.78, 5) is 16.8. The minimum absolute atomic E-state index is 0. The van der Waals surface area contributed by atoms with E-state index in [2.05, 4.69) is 35.2 Å². The molecule has 1 heterocycles. The lowest BCUT2D eigenvalue weighted by atomic mass is 10.00. The Hall–Kier alpha value is -2.92. The Morgan fingerprint density at radius 3 is 2.70 bits per heavy atom. The van der Waals surface area contributed by atoms with Crippen LogP contribution in [0.25, 0.3) is 10.8 Å². The maximum Gasteiger partial charge on any atom is 0.242 e. The number of benzene rings is 3. The van der Waals surface area contributed by atoms with E-state index in [1.165, 1.54) is 5.56 Å². The van der Waals surface area contributed by atoms with Gasteiger partial charge in [0.25, 0.3) is 0 Å². The van der Waals surface area contributed by atoms with Crippen molar-refractivity contribution in [1.82, 2.24) is 4.90 Å². The summed E-state index contributed by atoms with van der Waals surface area (Å²) in [6, 6.07) is 18.3. The van der Waals surface area contributed by atoms with E-state index >= 15 is 0 Å². The van der Waals surface area contributed by atoms with Gasteiger partial charge in [-0.1, -0.05) is 24.3 Å². The molecular weight excluding hydrogens is 398 g/mol. The molecule has 0 fully saturated rings. The Kier molecular flexibility index (Phi) is 6.73. The Morgan fingerprint density at radius 1 is 1.13 bits per heavy atom. The van der Waals surface area contributed by atoms with Crippen LogP contribution in [0.2, 0.25) is 0 Å². The number of halogens is 1. The Balaban J connectivity index is 0.00000256.